The van der Waals surface area contributed by atoms with Gasteiger partial charge in [-0.3, -0.25) is 14.5 Å². The standard InChI is InChI=1S/C11H18N2O2/c1-7-5-8-9(6-7)11(15)13(10(8)14)4-2-3-12/h7-9H,2-6,12H2,1H3. The van der Waals surface area contributed by atoms with Crippen molar-refractivity contribution in [3.05, 3.63) is 0 Å². The van der Waals surface area contributed by atoms with Crippen molar-refractivity contribution in [2.75, 3.05) is 13.1 Å². The molecular weight excluding hydrogens is 192 g/mol. The van der Waals surface area contributed by atoms with Crippen molar-refractivity contribution < 1.29 is 9.59 Å². The third-order valence-corrected chi connectivity index (χ3v) is 3.55. The Kier molecular flexibility index (Phi) is 2.78. The van der Waals surface area contributed by atoms with Crippen LogP contribution in [-0.2, 0) is 9.59 Å². The van der Waals surface area contributed by atoms with E-state index in [1.54, 1.807) is 0 Å². The van der Waals surface area contributed by atoms with Crippen LogP contribution in [0.15, 0.2) is 0 Å². The van der Waals surface area contributed by atoms with E-state index in [0.717, 1.165) is 12.8 Å². The topological polar surface area (TPSA) is 63.4 Å². The molecule has 2 rings (SSSR count). The largest absolute Gasteiger partial charge is 0.330 e. The second-order valence-corrected chi connectivity index (χ2v) is 4.76. The first kappa shape index (κ1) is 10.6. The van der Waals surface area contributed by atoms with Gasteiger partial charge in [0.15, 0.2) is 0 Å². The van der Waals surface area contributed by atoms with Crippen molar-refractivity contribution in [1.29, 1.82) is 0 Å². The summed E-state index contributed by atoms with van der Waals surface area (Å²) in [5.41, 5.74) is 5.39. The van der Waals surface area contributed by atoms with E-state index >= 15 is 0 Å². The maximum atomic E-state index is 11.9. The Bertz CT molecular complexity index is 266. The Morgan fingerprint density at radius 3 is 2.27 bits per heavy atom. The van der Waals surface area contributed by atoms with Gasteiger partial charge in [-0.05, 0) is 31.7 Å². The van der Waals surface area contributed by atoms with Crippen LogP contribution in [0.3, 0.4) is 0 Å². The Labute approximate surface area is 89.8 Å². The number of amides is 2. The zero-order chi connectivity index (χ0) is 11.0. The van der Waals surface area contributed by atoms with Crippen LogP contribution in [0.4, 0.5) is 0 Å². The van der Waals surface area contributed by atoms with E-state index in [1.165, 1.54) is 4.90 Å². The Morgan fingerprint density at radius 2 is 1.80 bits per heavy atom. The number of nitrogens with zero attached hydrogens (tertiary/aromatic N) is 1. The van der Waals surface area contributed by atoms with Gasteiger partial charge in [-0.2, -0.15) is 0 Å². The molecule has 4 heteroatoms. The molecule has 1 saturated heterocycles. The van der Waals surface area contributed by atoms with E-state index in [1.807, 2.05) is 0 Å². The summed E-state index contributed by atoms with van der Waals surface area (Å²) in [6, 6.07) is 0. The Hall–Kier alpha value is -0.900. The average molecular weight is 210 g/mol. The van der Waals surface area contributed by atoms with Gasteiger partial charge >= 0.3 is 0 Å². The minimum absolute atomic E-state index is 0.0229. The van der Waals surface area contributed by atoms with Crippen LogP contribution in [0.25, 0.3) is 0 Å². The Morgan fingerprint density at radius 1 is 1.27 bits per heavy atom. The van der Waals surface area contributed by atoms with Crippen LogP contribution in [0.1, 0.15) is 26.2 Å². The molecule has 2 amide bonds. The van der Waals surface area contributed by atoms with E-state index in [-0.39, 0.29) is 23.7 Å². The molecule has 1 aliphatic carbocycles. The van der Waals surface area contributed by atoms with Crippen molar-refractivity contribution in [3.63, 3.8) is 0 Å². The van der Waals surface area contributed by atoms with Crippen molar-refractivity contribution in [1.82, 2.24) is 4.90 Å². The highest BCUT2D eigenvalue weighted by Crippen LogP contribution is 2.42. The van der Waals surface area contributed by atoms with Crippen LogP contribution in [-0.4, -0.2) is 29.8 Å². The van der Waals surface area contributed by atoms with Gasteiger partial charge in [0.1, 0.15) is 0 Å². The van der Waals surface area contributed by atoms with Crippen molar-refractivity contribution in [2.45, 2.75) is 26.2 Å². The summed E-state index contributed by atoms with van der Waals surface area (Å²) in [4.78, 5) is 25.3. The number of fused-ring (bicyclic) bond motifs is 1. The van der Waals surface area contributed by atoms with Gasteiger partial charge in [-0.1, -0.05) is 6.92 Å². The van der Waals surface area contributed by atoms with E-state index < -0.39 is 0 Å². The van der Waals surface area contributed by atoms with Crippen LogP contribution in [0, 0.1) is 17.8 Å². The first-order valence-electron chi connectivity index (χ1n) is 5.70. The lowest BCUT2D eigenvalue weighted by Crippen LogP contribution is -2.34. The molecule has 0 radical (unpaired) electrons. The highest BCUT2D eigenvalue weighted by molar-refractivity contribution is 6.05. The van der Waals surface area contributed by atoms with Crippen LogP contribution < -0.4 is 5.73 Å². The van der Waals surface area contributed by atoms with Gasteiger partial charge in [-0.15, -0.1) is 0 Å². The maximum absolute atomic E-state index is 11.9. The quantitative estimate of drug-likeness (QED) is 0.684. The molecule has 84 valence electrons. The first-order chi connectivity index (χ1) is 7.15. The maximum Gasteiger partial charge on any atom is 0.233 e. The lowest BCUT2D eigenvalue weighted by molar-refractivity contribution is -0.140. The molecule has 0 spiro atoms. The Balaban J connectivity index is 2.06. The van der Waals surface area contributed by atoms with Crippen molar-refractivity contribution in [2.24, 2.45) is 23.5 Å². The van der Waals surface area contributed by atoms with E-state index in [2.05, 4.69) is 6.92 Å². The number of hydrogen-bond donors (Lipinski definition) is 1. The molecule has 15 heavy (non-hydrogen) atoms. The number of nitrogens with two attached hydrogens (primary N) is 1. The third kappa shape index (κ3) is 1.67. The molecule has 1 aliphatic heterocycles. The third-order valence-electron chi connectivity index (χ3n) is 3.55. The highest BCUT2D eigenvalue weighted by atomic mass is 16.2. The fourth-order valence-corrected chi connectivity index (χ4v) is 2.82. The number of carbonyl (C=O) groups is 2. The second-order valence-electron chi connectivity index (χ2n) is 4.76. The molecule has 2 atom stereocenters. The summed E-state index contributed by atoms with van der Waals surface area (Å²) in [6.45, 7) is 3.15. The molecule has 0 aromatic rings. The van der Waals surface area contributed by atoms with Crippen LogP contribution in [0.5, 0.6) is 0 Å². The first-order valence-corrected chi connectivity index (χ1v) is 5.70. The van der Waals surface area contributed by atoms with Crippen molar-refractivity contribution in [3.8, 4) is 0 Å². The molecule has 2 N–H and O–H groups in total. The molecule has 0 bridgehead atoms. The molecule has 1 heterocycles. The summed E-state index contributed by atoms with van der Waals surface area (Å²) in [7, 11) is 0. The predicted molar refractivity (Wildman–Crippen MR) is 55.8 cm³/mol. The fourth-order valence-electron chi connectivity index (χ4n) is 2.82. The van der Waals surface area contributed by atoms with Gasteiger partial charge in [0.25, 0.3) is 0 Å². The SMILES string of the molecule is CC1CC2C(=O)N(CCCN)C(=O)C2C1. The summed E-state index contributed by atoms with van der Waals surface area (Å²) in [6.07, 6.45) is 2.48. The molecular formula is C11H18N2O2. The van der Waals surface area contributed by atoms with Gasteiger partial charge < -0.3 is 5.73 Å². The van der Waals surface area contributed by atoms with E-state index in [9.17, 15) is 9.59 Å². The molecule has 2 aliphatic rings. The van der Waals surface area contributed by atoms with Gasteiger partial charge in [-0.25, -0.2) is 0 Å². The van der Waals surface area contributed by atoms with Crippen LogP contribution >= 0.6 is 0 Å². The lowest BCUT2D eigenvalue weighted by atomic mass is 10.00. The molecule has 0 aromatic carbocycles. The normalized spacial score (nSPS) is 35.1. The minimum Gasteiger partial charge on any atom is -0.330 e. The van der Waals surface area contributed by atoms with Crippen molar-refractivity contribution >= 4 is 11.8 Å². The molecule has 0 aromatic heterocycles. The number of hydrogen-bond acceptors (Lipinski definition) is 3. The monoisotopic (exact) mass is 210 g/mol. The van der Waals surface area contributed by atoms with E-state index in [0.29, 0.717) is 25.4 Å². The molecule has 2 fully saturated rings. The van der Waals surface area contributed by atoms with Gasteiger partial charge in [0, 0.05) is 6.54 Å². The summed E-state index contributed by atoms with van der Waals surface area (Å²) in [5, 5.41) is 0. The fraction of sp³-hybridized carbons (Fsp3) is 0.818. The number of likely N-dealkylation sites (tertiary alicyclic amines) is 1. The predicted octanol–water partition coefficient (Wildman–Crippen LogP) is 0.366. The lowest BCUT2D eigenvalue weighted by Gasteiger charge is -2.15. The average Bonchev–Trinajstić information content (AvgIpc) is 2.67. The zero-order valence-electron chi connectivity index (χ0n) is 9.11. The second kappa shape index (κ2) is 3.93. The minimum atomic E-state index is -0.0229. The van der Waals surface area contributed by atoms with Gasteiger partial charge in [0.2, 0.25) is 11.8 Å². The number of carbonyl (C=O) groups excluding carboxylic acids is 2. The zero-order valence-corrected chi connectivity index (χ0v) is 9.11. The van der Waals surface area contributed by atoms with Crippen LogP contribution in [0.2, 0.25) is 0 Å². The summed E-state index contributed by atoms with van der Waals surface area (Å²) < 4.78 is 0. The highest BCUT2D eigenvalue weighted by Gasteiger charge is 2.51. The molecule has 4 nitrogen and oxygen atoms in total. The summed E-state index contributed by atoms with van der Waals surface area (Å²) >= 11 is 0. The van der Waals surface area contributed by atoms with Gasteiger partial charge in [0.05, 0.1) is 11.8 Å². The summed E-state index contributed by atoms with van der Waals surface area (Å²) in [5.74, 6) is 0.561. The van der Waals surface area contributed by atoms with E-state index in [4.69, 9.17) is 5.73 Å². The molecule has 1 saturated carbocycles. The number of imide groups is 1. The number of rotatable bonds is 3. The smallest absolute Gasteiger partial charge is 0.233 e. The molecule has 2 unspecified atom stereocenters.